The molecule has 0 aromatic rings. The van der Waals surface area contributed by atoms with Crippen LogP contribution in [0.1, 0.15) is 13.3 Å². The minimum atomic E-state index is -0.704. The Hall–Kier alpha value is 2.03. The van der Waals surface area contributed by atoms with Crippen LogP contribution in [0.3, 0.4) is 0 Å². The highest BCUT2D eigenvalue weighted by atomic mass is 35.5. The van der Waals surface area contributed by atoms with Crippen molar-refractivity contribution < 1.29 is 0 Å². The maximum Gasteiger partial charge on any atom is 0.115 e. The topological polar surface area (TPSA) is 0 Å². The summed E-state index contributed by atoms with van der Waals surface area (Å²) in [6.45, 7) is 1.93. The molecule has 0 amide bonds. The van der Waals surface area contributed by atoms with E-state index in [0.717, 1.165) is 0 Å². The van der Waals surface area contributed by atoms with Crippen molar-refractivity contribution in [3.63, 3.8) is 0 Å². The van der Waals surface area contributed by atoms with Crippen molar-refractivity contribution >= 4 is 81.2 Å². The van der Waals surface area contributed by atoms with E-state index >= 15 is 0 Å². The van der Waals surface area contributed by atoms with Gasteiger partial charge in [0.1, 0.15) is 9.67 Å². The van der Waals surface area contributed by atoms with E-state index in [2.05, 4.69) is 0 Å². The summed E-state index contributed by atoms with van der Waals surface area (Å²) in [4.78, 5) is -1.37. The zero-order valence-electron chi connectivity index (χ0n) is 8.82. The molecule has 2 bridgehead atoms. The van der Waals surface area contributed by atoms with E-state index in [0.29, 0.717) is 6.42 Å². The van der Waals surface area contributed by atoms with Crippen LogP contribution in [0.2, 0.25) is 0 Å². The first kappa shape index (κ1) is 15.4. The lowest BCUT2D eigenvalue weighted by Crippen LogP contribution is -2.47. The van der Waals surface area contributed by atoms with Crippen LogP contribution in [0.15, 0.2) is 0 Å². The fourth-order valence-electron chi connectivity index (χ4n) is 3.55. The third-order valence-electron chi connectivity index (χ3n) is 4.58. The van der Waals surface area contributed by atoms with E-state index in [1.807, 2.05) is 6.92 Å². The zero-order valence-corrected chi connectivity index (χ0v) is 14.1. The average Bonchev–Trinajstić information content (AvgIpc) is 2.54. The highest BCUT2D eigenvalue weighted by molar-refractivity contribution is 6.48. The summed E-state index contributed by atoms with van der Waals surface area (Å²) in [6.07, 6.45) is 0.584. The Morgan fingerprint density at radius 1 is 1.00 bits per heavy atom. The summed E-state index contributed by atoms with van der Waals surface area (Å²) in [6, 6.07) is 0. The van der Waals surface area contributed by atoms with Gasteiger partial charge in [-0.3, -0.25) is 0 Å². The number of halogens is 7. The van der Waals surface area contributed by atoms with E-state index < -0.39 is 20.5 Å². The zero-order chi connectivity index (χ0) is 13.2. The predicted octanol–water partition coefficient (Wildman–Crippen LogP) is 5.44. The Labute approximate surface area is 136 Å². The molecule has 2 saturated carbocycles. The first-order chi connectivity index (χ1) is 7.71. The molecule has 6 atom stereocenters. The number of alkyl halides is 7. The number of rotatable bonds is 2. The summed E-state index contributed by atoms with van der Waals surface area (Å²) in [7, 11) is 0. The quantitative estimate of drug-likeness (QED) is 0.561. The van der Waals surface area contributed by atoms with E-state index in [4.69, 9.17) is 81.2 Å². The van der Waals surface area contributed by atoms with Gasteiger partial charge in [0, 0.05) is 22.1 Å². The number of hydrogen-bond acceptors (Lipinski definition) is 0. The molecule has 0 heterocycles. The van der Waals surface area contributed by atoms with Gasteiger partial charge in [0.15, 0.2) is 0 Å². The minimum Gasteiger partial charge on any atom is -0.123 e. The molecular formula is C10H11Cl7. The summed E-state index contributed by atoms with van der Waals surface area (Å²) in [5, 5.41) is -0.857. The smallest absolute Gasteiger partial charge is 0.115 e. The lowest BCUT2D eigenvalue weighted by Gasteiger charge is -2.44. The predicted molar refractivity (Wildman–Crippen MR) is 78.6 cm³/mol. The van der Waals surface area contributed by atoms with Crippen molar-refractivity contribution in [2.75, 3.05) is 0 Å². The Morgan fingerprint density at radius 2 is 1.53 bits per heavy atom. The summed E-state index contributed by atoms with van der Waals surface area (Å²) >= 11 is 43.8. The van der Waals surface area contributed by atoms with Gasteiger partial charge < -0.3 is 0 Å². The fourth-order valence-corrected chi connectivity index (χ4v) is 7.32. The molecule has 2 fully saturated rings. The lowest BCUT2D eigenvalue weighted by atomic mass is 9.70. The molecule has 0 radical (unpaired) electrons. The van der Waals surface area contributed by atoms with E-state index in [9.17, 15) is 0 Å². The largest absolute Gasteiger partial charge is 0.123 e. The molecule has 2 aliphatic carbocycles. The molecule has 0 aromatic carbocycles. The minimum absolute atomic E-state index is 0.0895. The van der Waals surface area contributed by atoms with Crippen molar-refractivity contribution in [1.82, 2.24) is 0 Å². The monoisotopic (exact) mass is 376 g/mol. The Bertz CT molecular complexity index is 320. The molecule has 0 unspecified atom stereocenters. The molecule has 0 spiro atoms. The Kier molecular flexibility index (Phi) is 4.35. The van der Waals surface area contributed by atoms with Crippen LogP contribution in [0.25, 0.3) is 0 Å². The maximum absolute atomic E-state index is 6.43. The molecule has 0 aromatic heterocycles. The molecule has 100 valence electrons. The van der Waals surface area contributed by atoms with Crippen molar-refractivity contribution in [1.29, 1.82) is 0 Å². The van der Waals surface area contributed by atoms with Gasteiger partial charge in [0.25, 0.3) is 0 Å². The van der Waals surface area contributed by atoms with Gasteiger partial charge in [-0.1, -0.05) is 6.92 Å². The molecule has 0 saturated heterocycles. The van der Waals surface area contributed by atoms with Crippen LogP contribution in [0.5, 0.6) is 0 Å². The molecule has 17 heavy (non-hydrogen) atoms. The van der Waals surface area contributed by atoms with E-state index in [1.54, 1.807) is 0 Å². The molecule has 0 aliphatic heterocycles. The van der Waals surface area contributed by atoms with Crippen LogP contribution < -0.4 is 0 Å². The highest BCUT2D eigenvalue weighted by Crippen LogP contribution is 2.74. The number of hydrogen-bond donors (Lipinski definition) is 0. The molecule has 2 aliphatic rings. The Balaban J connectivity index is 2.59. The molecule has 7 heteroatoms. The molecule has 0 nitrogen and oxygen atoms in total. The van der Waals surface area contributed by atoms with Gasteiger partial charge in [0.05, 0.1) is 10.8 Å². The normalized spacial score (nSPS) is 54.0. The van der Waals surface area contributed by atoms with Crippen molar-refractivity contribution in [3.8, 4) is 0 Å². The SMILES string of the molecule is C[C@]1(C(Cl)Cl)[C@H]2[C@H](Cl)[C@@H](Cl)[C@]1(C(Cl)Cl)C[C@H]2Cl. The summed E-state index contributed by atoms with van der Waals surface area (Å²) < 4.78 is 0. The van der Waals surface area contributed by atoms with Gasteiger partial charge in [-0.25, -0.2) is 0 Å². The van der Waals surface area contributed by atoms with Crippen LogP contribution in [-0.4, -0.2) is 25.8 Å². The van der Waals surface area contributed by atoms with Crippen molar-refractivity contribution in [2.45, 2.75) is 39.1 Å². The second-order valence-electron chi connectivity index (χ2n) is 5.02. The van der Waals surface area contributed by atoms with Crippen LogP contribution in [0.4, 0.5) is 0 Å². The molecule has 2 rings (SSSR count). The van der Waals surface area contributed by atoms with E-state index in [-0.39, 0.29) is 22.0 Å². The standard InChI is InChI=1S/C10H11Cl7/c1-9(7(14)15)4-3(11)2-10(9,8(16)17)6(13)5(4)12/h3-8H,2H2,1H3/t3-,4-,5+,6-,9-,10+/m1/s1. The fraction of sp³-hybridized carbons (Fsp3) is 1.00. The first-order valence-corrected chi connectivity index (χ1v) is 8.25. The molecule has 0 N–H and O–H groups in total. The van der Waals surface area contributed by atoms with Gasteiger partial charge >= 0.3 is 0 Å². The van der Waals surface area contributed by atoms with Crippen molar-refractivity contribution in [2.24, 2.45) is 16.7 Å². The van der Waals surface area contributed by atoms with Crippen molar-refractivity contribution in [3.05, 3.63) is 0 Å². The first-order valence-electron chi connectivity index (χ1n) is 5.19. The average molecular weight is 379 g/mol. The maximum atomic E-state index is 6.43. The second kappa shape index (κ2) is 4.79. The second-order valence-corrected chi connectivity index (χ2v) is 8.74. The summed E-state index contributed by atoms with van der Waals surface area (Å²) in [5.74, 6) is -0.0895. The molecular weight excluding hydrogens is 368 g/mol. The van der Waals surface area contributed by atoms with Gasteiger partial charge in [-0.2, -0.15) is 0 Å². The van der Waals surface area contributed by atoms with E-state index in [1.165, 1.54) is 0 Å². The lowest BCUT2D eigenvalue weighted by molar-refractivity contribution is 0.140. The van der Waals surface area contributed by atoms with Crippen LogP contribution >= 0.6 is 81.2 Å². The van der Waals surface area contributed by atoms with Gasteiger partial charge in [-0.15, -0.1) is 81.2 Å². The summed E-state index contributed by atoms with van der Waals surface area (Å²) in [5.41, 5.74) is -1.22. The Morgan fingerprint density at radius 3 is 1.88 bits per heavy atom. The van der Waals surface area contributed by atoms with Gasteiger partial charge in [0.2, 0.25) is 0 Å². The third kappa shape index (κ3) is 1.71. The van der Waals surface area contributed by atoms with Crippen LogP contribution in [-0.2, 0) is 0 Å². The third-order valence-corrected chi connectivity index (χ3v) is 8.00. The highest BCUT2D eigenvalue weighted by Gasteiger charge is 2.76. The van der Waals surface area contributed by atoms with Gasteiger partial charge in [-0.05, 0) is 6.42 Å². The van der Waals surface area contributed by atoms with Crippen LogP contribution in [0, 0.1) is 16.7 Å². The number of fused-ring (bicyclic) bond motifs is 2.